The number of nitrogens with one attached hydrogen (secondary N) is 1. The van der Waals surface area contributed by atoms with Gasteiger partial charge in [-0.05, 0) is 55.2 Å². The van der Waals surface area contributed by atoms with Crippen molar-refractivity contribution in [1.29, 1.82) is 5.26 Å². The van der Waals surface area contributed by atoms with Gasteiger partial charge in [0.05, 0.1) is 11.3 Å². The lowest BCUT2D eigenvalue weighted by atomic mass is 9.94. The molecule has 0 bridgehead atoms. The largest absolute Gasteiger partial charge is 0.416 e. The van der Waals surface area contributed by atoms with Gasteiger partial charge in [-0.3, -0.25) is 19.3 Å². The zero-order valence-corrected chi connectivity index (χ0v) is 23.2. The van der Waals surface area contributed by atoms with Gasteiger partial charge in [0.2, 0.25) is 11.8 Å². The maximum Gasteiger partial charge on any atom is 0.277 e. The third-order valence-electron chi connectivity index (χ3n) is 7.19. The summed E-state index contributed by atoms with van der Waals surface area (Å²) in [5.74, 6) is -0.131. The third kappa shape index (κ3) is 5.00. The molecule has 2 aliphatic rings. The predicted octanol–water partition coefficient (Wildman–Crippen LogP) is 5.38. The molecule has 1 aliphatic carbocycles. The molecule has 1 N–H and O–H groups in total. The Balaban J connectivity index is 0.949. The molecule has 0 unspecified atom stereocenters. The Hall–Kier alpha value is -4.01. The summed E-state index contributed by atoms with van der Waals surface area (Å²) >= 11 is 2.65. The average Bonchev–Trinajstić information content (AvgIpc) is 3.68. The van der Waals surface area contributed by atoms with Crippen molar-refractivity contribution in [3.63, 3.8) is 0 Å². The summed E-state index contributed by atoms with van der Waals surface area (Å²) in [5, 5.41) is 23.0. The molecule has 11 heteroatoms. The number of thiophene rings is 1. The number of amides is 3. The van der Waals surface area contributed by atoms with E-state index in [2.05, 4.69) is 21.6 Å². The number of nitriles is 1. The zero-order valence-electron chi connectivity index (χ0n) is 21.6. The maximum absolute atomic E-state index is 13.0. The molecule has 9 nitrogen and oxygen atoms in total. The number of carbonyl (C=O) groups excluding carboxylic acids is 3. The first-order valence-corrected chi connectivity index (χ1v) is 15.0. The summed E-state index contributed by atoms with van der Waals surface area (Å²) < 4.78 is 5.67. The van der Waals surface area contributed by atoms with Gasteiger partial charge in [-0.25, -0.2) is 0 Å². The molecule has 0 atom stereocenters. The van der Waals surface area contributed by atoms with Crippen molar-refractivity contribution in [2.75, 3.05) is 17.6 Å². The van der Waals surface area contributed by atoms with Gasteiger partial charge in [0.15, 0.2) is 0 Å². The summed E-state index contributed by atoms with van der Waals surface area (Å²) in [7, 11) is 0. The number of imide groups is 1. The first-order chi connectivity index (χ1) is 19.5. The van der Waals surface area contributed by atoms with Gasteiger partial charge in [0.25, 0.3) is 17.0 Å². The van der Waals surface area contributed by atoms with Crippen molar-refractivity contribution >= 4 is 56.6 Å². The number of hydrogen-bond acceptors (Lipinski definition) is 9. The van der Waals surface area contributed by atoms with Gasteiger partial charge in [0.1, 0.15) is 11.1 Å². The Morgan fingerprint density at radius 1 is 1.07 bits per heavy atom. The monoisotopic (exact) mass is 571 g/mol. The fourth-order valence-corrected chi connectivity index (χ4v) is 7.14. The van der Waals surface area contributed by atoms with Gasteiger partial charge < -0.3 is 9.73 Å². The molecular formula is C29H25N5O4S2. The van der Waals surface area contributed by atoms with Crippen molar-refractivity contribution in [2.45, 2.75) is 50.2 Å². The normalized spacial score (nSPS) is 14.0. The number of anilines is 1. The number of fused-ring (bicyclic) bond motifs is 1. The first kappa shape index (κ1) is 26.2. The number of rotatable bonds is 10. The van der Waals surface area contributed by atoms with Gasteiger partial charge in [-0.2, -0.15) is 5.26 Å². The molecule has 0 saturated carbocycles. The van der Waals surface area contributed by atoms with Gasteiger partial charge in [-0.1, -0.05) is 42.4 Å². The lowest BCUT2D eigenvalue weighted by Gasteiger charge is -2.27. The SMILES string of the molecule is N#Cc1c(NC(=O)CSc2nnc(CCCCCN3C(=O)c4cccc5cccc(c45)C3=O)o2)sc2c1CCC2. The van der Waals surface area contributed by atoms with Crippen LogP contribution in [0.5, 0.6) is 0 Å². The Labute approximate surface area is 238 Å². The Morgan fingerprint density at radius 3 is 2.60 bits per heavy atom. The molecule has 0 saturated heterocycles. The highest BCUT2D eigenvalue weighted by molar-refractivity contribution is 7.99. The summed E-state index contributed by atoms with van der Waals surface area (Å²) in [6.07, 6.45) is 5.69. The van der Waals surface area contributed by atoms with E-state index >= 15 is 0 Å². The first-order valence-electron chi connectivity index (χ1n) is 13.2. The fourth-order valence-electron chi connectivity index (χ4n) is 5.30. The molecule has 6 rings (SSSR count). The van der Waals surface area contributed by atoms with E-state index in [0.29, 0.717) is 52.2 Å². The van der Waals surface area contributed by atoms with Crippen LogP contribution < -0.4 is 5.32 Å². The molecule has 0 spiro atoms. The van der Waals surface area contributed by atoms with Crippen LogP contribution in [0.25, 0.3) is 10.8 Å². The van der Waals surface area contributed by atoms with Crippen molar-refractivity contribution in [3.8, 4) is 6.07 Å². The lowest BCUT2D eigenvalue weighted by molar-refractivity contribution is -0.113. The summed E-state index contributed by atoms with van der Waals surface area (Å²) in [4.78, 5) is 41.0. The van der Waals surface area contributed by atoms with Gasteiger partial charge in [0, 0.05) is 34.4 Å². The standard InChI is InChI=1S/C29H25N5O4S2/c30-15-21-18-9-6-12-22(18)40-26(21)31-23(35)16-39-29-33-32-24(38-29)13-2-1-3-14-34-27(36)19-10-4-7-17-8-5-11-20(25(17)19)28(34)37/h4-5,7-8,10-11H,1-3,6,9,12-14,16H2,(H,31,35). The Morgan fingerprint density at radius 2 is 1.85 bits per heavy atom. The second kappa shape index (κ2) is 11.2. The second-order valence-corrected chi connectivity index (χ2v) is 11.8. The minimum atomic E-state index is -0.246. The van der Waals surface area contributed by atoms with Crippen LogP contribution in [0.2, 0.25) is 0 Å². The molecule has 40 heavy (non-hydrogen) atoms. The highest BCUT2D eigenvalue weighted by Crippen LogP contribution is 2.38. The van der Waals surface area contributed by atoms with Gasteiger partial charge >= 0.3 is 0 Å². The molecule has 2 aromatic heterocycles. The van der Waals surface area contributed by atoms with Crippen LogP contribution >= 0.6 is 23.1 Å². The zero-order chi connectivity index (χ0) is 27.6. The molecule has 202 valence electrons. The lowest BCUT2D eigenvalue weighted by Crippen LogP contribution is -2.40. The second-order valence-electron chi connectivity index (χ2n) is 9.75. The molecule has 4 aromatic rings. The fraction of sp³-hybridized carbons (Fsp3) is 0.310. The van der Waals surface area contributed by atoms with Crippen molar-refractivity contribution in [2.24, 2.45) is 0 Å². The molecular weight excluding hydrogens is 546 g/mol. The highest BCUT2D eigenvalue weighted by atomic mass is 32.2. The smallest absolute Gasteiger partial charge is 0.277 e. The van der Waals surface area contributed by atoms with Crippen LogP contribution in [0.1, 0.15) is 68.3 Å². The van der Waals surface area contributed by atoms with Crippen LogP contribution in [0.3, 0.4) is 0 Å². The number of unbranched alkanes of at least 4 members (excludes halogenated alkanes) is 2. The van der Waals surface area contributed by atoms with Crippen LogP contribution in [0.15, 0.2) is 46.0 Å². The van der Waals surface area contributed by atoms with E-state index in [1.807, 2.05) is 24.3 Å². The Kier molecular flexibility index (Phi) is 7.36. The Bertz CT molecular complexity index is 1630. The van der Waals surface area contributed by atoms with Gasteiger partial charge in [-0.15, -0.1) is 21.5 Å². The number of carbonyl (C=O) groups is 3. The van der Waals surface area contributed by atoms with E-state index in [9.17, 15) is 19.6 Å². The molecule has 0 radical (unpaired) electrons. The maximum atomic E-state index is 13.0. The molecule has 1 aliphatic heterocycles. The molecule has 2 aromatic carbocycles. The van der Waals surface area contributed by atoms with E-state index in [4.69, 9.17) is 4.42 Å². The number of benzene rings is 2. The number of aromatic nitrogens is 2. The highest BCUT2D eigenvalue weighted by Gasteiger charge is 2.32. The average molecular weight is 572 g/mol. The van der Waals surface area contributed by atoms with Crippen LogP contribution in [0.4, 0.5) is 5.00 Å². The van der Waals surface area contributed by atoms with E-state index in [1.165, 1.54) is 21.1 Å². The van der Waals surface area contributed by atoms with Crippen LogP contribution in [-0.2, 0) is 24.1 Å². The molecule has 3 heterocycles. The quantitative estimate of drug-likeness (QED) is 0.153. The summed E-state index contributed by atoms with van der Waals surface area (Å²) in [6.45, 7) is 0.350. The van der Waals surface area contributed by atoms with Crippen LogP contribution in [-0.4, -0.2) is 45.1 Å². The van der Waals surface area contributed by atoms with E-state index < -0.39 is 0 Å². The van der Waals surface area contributed by atoms with E-state index in [-0.39, 0.29) is 23.5 Å². The number of nitrogens with zero attached hydrogens (tertiary/aromatic N) is 4. The van der Waals surface area contributed by atoms with Crippen LogP contribution in [0, 0.1) is 11.3 Å². The molecule has 0 fully saturated rings. The predicted molar refractivity (Wildman–Crippen MR) is 152 cm³/mol. The van der Waals surface area contributed by atoms with Crippen molar-refractivity contribution in [3.05, 3.63) is 69.4 Å². The number of aryl methyl sites for hydroxylation is 2. The minimum Gasteiger partial charge on any atom is -0.416 e. The summed E-state index contributed by atoms with van der Waals surface area (Å²) in [6, 6.07) is 13.3. The number of hydrogen-bond donors (Lipinski definition) is 1. The number of thioether (sulfide) groups is 1. The van der Waals surface area contributed by atoms with E-state index in [1.54, 1.807) is 12.1 Å². The third-order valence-corrected chi connectivity index (χ3v) is 9.21. The minimum absolute atomic E-state index is 0.101. The van der Waals surface area contributed by atoms with Crippen molar-refractivity contribution in [1.82, 2.24) is 15.1 Å². The topological polar surface area (TPSA) is 129 Å². The van der Waals surface area contributed by atoms with Crippen molar-refractivity contribution < 1.29 is 18.8 Å². The molecule has 3 amide bonds. The van der Waals surface area contributed by atoms with E-state index in [0.717, 1.165) is 60.2 Å². The summed E-state index contributed by atoms with van der Waals surface area (Å²) in [5.41, 5.74) is 2.81.